The van der Waals surface area contributed by atoms with Gasteiger partial charge in [0, 0.05) is 49.1 Å². The van der Waals surface area contributed by atoms with Crippen molar-refractivity contribution in [2.75, 3.05) is 19.6 Å². The average molecular weight is 507 g/mol. The first-order chi connectivity index (χ1) is 17.6. The Balaban J connectivity index is 1.28. The molecule has 4 nitrogen and oxygen atoms in total. The molecule has 192 valence electrons. The van der Waals surface area contributed by atoms with E-state index >= 15 is 0 Å². The molecule has 1 saturated carbocycles. The predicted octanol–water partition coefficient (Wildman–Crippen LogP) is 5.69. The summed E-state index contributed by atoms with van der Waals surface area (Å²) in [4.78, 5) is 20.3. The van der Waals surface area contributed by atoms with Crippen molar-refractivity contribution in [3.8, 4) is 0 Å². The number of piperidine rings is 1. The molecule has 1 spiro atoms. The Bertz CT molecular complexity index is 1070. The number of nitrogens with zero attached hydrogens (tertiary/aromatic N) is 1. The van der Waals surface area contributed by atoms with Crippen molar-refractivity contribution in [2.45, 2.75) is 88.0 Å². The second-order valence-corrected chi connectivity index (χ2v) is 12.4. The molecule has 3 fully saturated rings. The summed E-state index contributed by atoms with van der Waals surface area (Å²) in [5.74, 6) is 1.74. The first-order valence-electron chi connectivity index (χ1n) is 14.4. The van der Waals surface area contributed by atoms with Crippen LogP contribution in [0.2, 0.25) is 5.15 Å². The van der Waals surface area contributed by atoms with Crippen LogP contribution in [0.5, 0.6) is 0 Å². The lowest BCUT2D eigenvalue weighted by Gasteiger charge is -2.45. The van der Waals surface area contributed by atoms with Gasteiger partial charge >= 0.3 is 0 Å². The predicted molar refractivity (Wildman–Crippen MR) is 144 cm³/mol. The SMILES string of the molecule is O=C([C@@H]1CNC[C@]12CCCc1[nH+]c(Cl)ccc12)N1CCC(c2ccccc2)CC1CC1CCCCC1. The molecule has 2 N–H and O–H groups in total. The molecule has 3 heterocycles. The number of pyridine rings is 1. The molecule has 1 aromatic heterocycles. The standard InChI is InChI=1S/C31H40ClN3O/c32-29-14-13-26-28(34-29)12-7-16-31(26)21-33-20-27(31)30(36)35-17-15-24(23-10-5-2-6-11-23)19-25(35)18-22-8-3-1-4-9-22/h2,5-6,10-11,13-14,22,24-25,27,33H,1,3-4,7-9,12,15-21H2/p+1/t24?,25?,27-,31-/m0/s1. The van der Waals surface area contributed by atoms with Crippen molar-refractivity contribution in [3.63, 3.8) is 0 Å². The number of H-pyrrole nitrogens is 1. The highest BCUT2D eigenvalue weighted by atomic mass is 35.5. The van der Waals surface area contributed by atoms with E-state index in [4.69, 9.17) is 11.6 Å². The number of amides is 1. The van der Waals surface area contributed by atoms with E-state index in [1.165, 1.54) is 55.3 Å². The van der Waals surface area contributed by atoms with Gasteiger partial charge in [-0.2, -0.15) is 4.98 Å². The molecule has 5 heteroatoms. The number of fused-ring (bicyclic) bond motifs is 2. The van der Waals surface area contributed by atoms with E-state index in [1.54, 1.807) is 0 Å². The molecule has 36 heavy (non-hydrogen) atoms. The summed E-state index contributed by atoms with van der Waals surface area (Å²) in [5.41, 5.74) is 3.89. The number of halogens is 1. The number of aromatic amines is 1. The van der Waals surface area contributed by atoms with Crippen LogP contribution in [-0.2, 0) is 16.6 Å². The number of carbonyl (C=O) groups is 1. The van der Waals surface area contributed by atoms with Gasteiger partial charge < -0.3 is 10.2 Å². The summed E-state index contributed by atoms with van der Waals surface area (Å²) in [5, 5.41) is 4.33. The minimum atomic E-state index is -0.114. The van der Waals surface area contributed by atoms with E-state index in [-0.39, 0.29) is 11.3 Å². The molecule has 0 bridgehead atoms. The number of rotatable bonds is 4. The number of hydrogen-bond donors (Lipinski definition) is 1. The Morgan fingerprint density at radius 2 is 1.89 bits per heavy atom. The third-order valence-electron chi connectivity index (χ3n) is 9.93. The van der Waals surface area contributed by atoms with Gasteiger partial charge in [-0.1, -0.05) is 62.4 Å². The maximum absolute atomic E-state index is 14.5. The molecule has 2 saturated heterocycles. The Labute approximate surface area is 221 Å². The monoisotopic (exact) mass is 506 g/mol. The van der Waals surface area contributed by atoms with Gasteiger partial charge in [0.2, 0.25) is 5.91 Å². The van der Waals surface area contributed by atoms with Crippen LogP contribution in [0.15, 0.2) is 42.5 Å². The highest BCUT2D eigenvalue weighted by molar-refractivity contribution is 6.28. The first kappa shape index (κ1) is 24.4. The lowest BCUT2D eigenvalue weighted by molar-refractivity contribution is -0.390. The summed E-state index contributed by atoms with van der Waals surface area (Å²) in [6.07, 6.45) is 13.4. The van der Waals surface area contributed by atoms with Crippen LogP contribution >= 0.6 is 11.6 Å². The van der Waals surface area contributed by atoms with Crippen molar-refractivity contribution in [1.82, 2.24) is 10.2 Å². The zero-order valence-electron chi connectivity index (χ0n) is 21.5. The molecule has 4 atom stereocenters. The Hall–Kier alpha value is -1.91. The van der Waals surface area contributed by atoms with Gasteiger partial charge in [-0.25, -0.2) is 0 Å². The fourth-order valence-electron chi connectivity index (χ4n) is 8.12. The minimum Gasteiger partial charge on any atom is -0.339 e. The summed E-state index contributed by atoms with van der Waals surface area (Å²) in [6, 6.07) is 15.6. The van der Waals surface area contributed by atoms with Crippen LogP contribution in [-0.4, -0.2) is 36.5 Å². The fourth-order valence-corrected chi connectivity index (χ4v) is 8.29. The number of likely N-dealkylation sites (tertiary alicyclic amines) is 1. The molecule has 0 radical (unpaired) electrons. The van der Waals surface area contributed by atoms with Crippen LogP contribution < -0.4 is 10.3 Å². The van der Waals surface area contributed by atoms with Gasteiger partial charge in [0.1, 0.15) is 0 Å². The van der Waals surface area contributed by atoms with Crippen LogP contribution in [0, 0.1) is 11.8 Å². The quantitative estimate of drug-likeness (QED) is 0.541. The van der Waals surface area contributed by atoms with Crippen molar-refractivity contribution in [2.24, 2.45) is 11.8 Å². The van der Waals surface area contributed by atoms with Gasteiger partial charge in [-0.3, -0.25) is 4.79 Å². The lowest BCUT2D eigenvalue weighted by Crippen LogP contribution is -2.53. The molecule has 2 aromatic rings. The molecular formula is C31H41ClN3O+. The number of benzene rings is 1. The molecule has 1 amide bonds. The van der Waals surface area contributed by atoms with E-state index in [0.29, 0.717) is 23.0 Å². The van der Waals surface area contributed by atoms with E-state index in [1.807, 2.05) is 6.07 Å². The van der Waals surface area contributed by atoms with Gasteiger partial charge in [-0.15, -0.1) is 0 Å². The van der Waals surface area contributed by atoms with Crippen molar-refractivity contribution >= 4 is 17.5 Å². The zero-order valence-corrected chi connectivity index (χ0v) is 22.2. The highest BCUT2D eigenvalue weighted by Crippen LogP contribution is 2.46. The molecule has 2 unspecified atom stereocenters. The zero-order chi connectivity index (χ0) is 24.5. The van der Waals surface area contributed by atoms with E-state index in [0.717, 1.165) is 57.7 Å². The van der Waals surface area contributed by atoms with Gasteiger partial charge in [0.25, 0.3) is 5.15 Å². The molecule has 1 aromatic carbocycles. The van der Waals surface area contributed by atoms with Gasteiger partial charge in [0.05, 0.1) is 5.92 Å². The van der Waals surface area contributed by atoms with Gasteiger partial charge in [0.15, 0.2) is 5.69 Å². The Morgan fingerprint density at radius 1 is 1.06 bits per heavy atom. The molecular weight excluding hydrogens is 466 g/mol. The molecule has 4 aliphatic rings. The van der Waals surface area contributed by atoms with Crippen LogP contribution in [0.25, 0.3) is 0 Å². The van der Waals surface area contributed by atoms with E-state index in [9.17, 15) is 4.79 Å². The Kier molecular flexibility index (Phi) is 7.09. The normalized spacial score (nSPS) is 30.9. The lowest BCUT2D eigenvalue weighted by atomic mass is 9.65. The maximum atomic E-state index is 14.5. The third kappa shape index (κ3) is 4.60. The van der Waals surface area contributed by atoms with Gasteiger partial charge in [-0.05, 0) is 67.2 Å². The second-order valence-electron chi connectivity index (χ2n) is 11.9. The van der Waals surface area contributed by atoms with Crippen molar-refractivity contribution in [1.29, 1.82) is 0 Å². The average Bonchev–Trinajstić information content (AvgIpc) is 3.33. The maximum Gasteiger partial charge on any atom is 0.273 e. The van der Waals surface area contributed by atoms with E-state index < -0.39 is 0 Å². The smallest absolute Gasteiger partial charge is 0.273 e. The number of aryl methyl sites for hydroxylation is 1. The summed E-state index contributed by atoms with van der Waals surface area (Å²) < 4.78 is 0. The van der Waals surface area contributed by atoms with E-state index in [2.05, 4.69) is 51.6 Å². The van der Waals surface area contributed by atoms with Crippen LogP contribution in [0.4, 0.5) is 0 Å². The van der Waals surface area contributed by atoms with Crippen LogP contribution in [0.3, 0.4) is 0 Å². The number of nitrogens with one attached hydrogen (secondary N) is 2. The summed E-state index contributed by atoms with van der Waals surface area (Å²) in [7, 11) is 0. The Morgan fingerprint density at radius 3 is 2.72 bits per heavy atom. The molecule has 2 aliphatic carbocycles. The highest BCUT2D eigenvalue weighted by Gasteiger charge is 2.53. The molecule has 6 rings (SSSR count). The van der Waals surface area contributed by atoms with Crippen molar-refractivity contribution in [3.05, 3.63) is 64.4 Å². The summed E-state index contributed by atoms with van der Waals surface area (Å²) in [6.45, 7) is 2.57. The number of hydrogen-bond acceptors (Lipinski definition) is 2. The summed E-state index contributed by atoms with van der Waals surface area (Å²) >= 11 is 6.32. The second kappa shape index (κ2) is 10.5. The molecule has 2 aliphatic heterocycles. The van der Waals surface area contributed by atoms with Crippen molar-refractivity contribution < 1.29 is 9.78 Å². The largest absolute Gasteiger partial charge is 0.339 e. The number of aromatic nitrogens is 1. The van der Waals surface area contributed by atoms with Crippen LogP contribution in [0.1, 0.15) is 86.9 Å². The minimum absolute atomic E-state index is 0.00765. The fraction of sp³-hybridized carbons (Fsp3) is 0.613. The topological polar surface area (TPSA) is 46.5 Å². The number of carbonyl (C=O) groups excluding carboxylic acids is 1. The third-order valence-corrected chi connectivity index (χ3v) is 10.2. The first-order valence-corrected chi connectivity index (χ1v) is 14.8.